The minimum atomic E-state index is 0.150. The zero-order chi connectivity index (χ0) is 14.4. The first kappa shape index (κ1) is 15.1. The summed E-state index contributed by atoms with van der Waals surface area (Å²) in [7, 11) is 0. The highest BCUT2D eigenvalue weighted by Gasteiger charge is 2.32. The highest BCUT2D eigenvalue weighted by Crippen LogP contribution is 2.41. The van der Waals surface area contributed by atoms with Crippen molar-refractivity contribution in [2.45, 2.75) is 71.3 Å². The van der Waals surface area contributed by atoms with Crippen LogP contribution < -0.4 is 5.32 Å². The highest BCUT2D eigenvalue weighted by atomic mass is 16.5. The van der Waals surface area contributed by atoms with Gasteiger partial charge < -0.3 is 9.84 Å². The van der Waals surface area contributed by atoms with E-state index in [1.54, 1.807) is 12.5 Å². The maximum atomic E-state index is 11.9. The number of nitrogens with zero attached hydrogens (tertiary/aromatic N) is 1. The zero-order valence-electron chi connectivity index (χ0n) is 12.7. The Bertz CT molecular complexity index is 400. The van der Waals surface area contributed by atoms with Crippen LogP contribution in [-0.2, 0) is 11.2 Å². The number of aryl methyl sites for hydroxylation is 1. The summed E-state index contributed by atoms with van der Waals surface area (Å²) in [6.07, 6.45) is 11.8. The van der Waals surface area contributed by atoms with Gasteiger partial charge in [0.25, 0.3) is 0 Å². The van der Waals surface area contributed by atoms with Gasteiger partial charge in [0.15, 0.2) is 0 Å². The molecule has 20 heavy (non-hydrogen) atoms. The molecule has 2 rings (SSSR count). The minimum Gasteiger partial charge on any atom is -0.364 e. The molecule has 0 radical (unpaired) electrons. The molecule has 1 aromatic rings. The van der Waals surface area contributed by atoms with Crippen LogP contribution in [0.5, 0.6) is 0 Å². The van der Waals surface area contributed by atoms with E-state index >= 15 is 0 Å². The number of amides is 1. The number of hydrogen-bond donors (Lipinski definition) is 1. The zero-order valence-corrected chi connectivity index (χ0v) is 12.7. The number of rotatable bonds is 6. The Morgan fingerprint density at radius 3 is 2.65 bits per heavy atom. The van der Waals surface area contributed by atoms with E-state index in [9.17, 15) is 4.79 Å². The molecule has 0 aromatic carbocycles. The van der Waals surface area contributed by atoms with Gasteiger partial charge in [-0.2, -0.15) is 0 Å². The molecule has 4 nitrogen and oxygen atoms in total. The van der Waals surface area contributed by atoms with Gasteiger partial charge in [0, 0.05) is 18.0 Å². The van der Waals surface area contributed by atoms with Crippen LogP contribution >= 0.6 is 0 Å². The maximum absolute atomic E-state index is 11.9. The van der Waals surface area contributed by atoms with Gasteiger partial charge in [0.05, 0.1) is 6.20 Å². The summed E-state index contributed by atoms with van der Waals surface area (Å²) in [5, 5.41) is 6.82. The molecule has 1 fully saturated rings. The summed E-state index contributed by atoms with van der Waals surface area (Å²) in [6.45, 7) is 4.59. The quantitative estimate of drug-likeness (QED) is 0.866. The van der Waals surface area contributed by atoms with E-state index in [0.717, 1.165) is 18.4 Å². The van der Waals surface area contributed by atoms with Crippen LogP contribution in [-0.4, -0.2) is 17.1 Å². The molecule has 1 aliphatic carbocycles. The Labute approximate surface area is 121 Å². The van der Waals surface area contributed by atoms with Crippen molar-refractivity contribution < 1.29 is 9.32 Å². The molecule has 112 valence electrons. The smallest absolute Gasteiger partial charge is 0.220 e. The third-order valence-electron chi connectivity index (χ3n) is 5.04. The third-order valence-corrected chi connectivity index (χ3v) is 5.04. The first-order chi connectivity index (χ1) is 9.67. The number of nitrogens with one attached hydrogen (secondary N) is 1. The van der Waals surface area contributed by atoms with E-state index in [-0.39, 0.29) is 5.91 Å². The molecule has 1 N–H and O–H groups in total. The molecule has 0 unspecified atom stereocenters. The molecule has 1 heterocycles. The maximum Gasteiger partial charge on any atom is 0.220 e. The van der Waals surface area contributed by atoms with Gasteiger partial charge in [0.1, 0.15) is 6.26 Å². The van der Waals surface area contributed by atoms with Crippen LogP contribution in [0.1, 0.15) is 64.4 Å². The average Bonchev–Trinajstić information content (AvgIpc) is 3.00. The van der Waals surface area contributed by atoms with Crippen LogP contribution in [0, 0.1) is 5.41 Å². The minimum absolute atomic E-state index is 0.150. The summed E-state index contributed by atoms with van der Waals surface area (Å²) < 4.78 is 4.76. The molecule has 0 aliphatic heterocycles. The second kappa shape index (κ2) is 6.91. The van der Waals surface area contributed by atoms with Crippen molar-refractivity contribution in [1.29, 1.82) is 0 Å². The molecule has 1 aliphatic rings. The van der Waals surface area contributed by atoms with Crippen LogP contribution in [0.2, 0.25) is 0 Å². The van der Waals surface area contributed by atoms with Crippen molar-refractivity contribution in [2.24, 2.45) is 5.41 Å². The molecule has 1 aromatic heterocycles. The lowest BCUT2D eigenvalue weighted by Gasteiger charge is -2.39. The van der Waals surface area contributed by atoms with E-state index in [4.69, 9.17) is 4.52 Å². The van der Waals surface area contributed by atoms with Crippen molar-refractivity contribution in [3.8, 4) is 0 Å². The molecular weight excluding hydrogens is 252 g/mol. The summed E-state index contributed by atoms with van der Waals surface area (Å²) in [4.78, 5) is 11.9. The second-order valence-electron chi connectivity index (χ2n) is 6.08. The highest BCUT2D eigenvalue weighted by molar-refractivity contribution is 5.76. The van der Waals surface area contributed by atoms with E-state index in [0.29, 0.717) is 24.3 Å². The van der Waals surface area contributed by atoms with Crippen molar-refractivity contribution >= 4 is 5.91 Å². The summed E-state index contributed by atoms with van der Waals surface area (Å²) in [5.41, 5.74) is 1.52. The molecular formula is C16H26N2O2. The Morgan fingerprint density at radius 2 is 2.10 bits per heavy atom. The SMILES string of the molecule is CCC1(CC)CCC(NC(=O)CCc2cnoc2)CC1. The van der Waals surface area contributed by atoms with Gasteiger partial charge in [-0.25, -0.2) is 0 Å². The fraction of sp³-hybridized carbons (Fsp3) is 0.750. The van der Waals surface area contributed by atoms with Gasteiger partial charge in [-0.05, 0) is 37.5 Å². The fourth-order valence-corrected chi connectivity index (χ4v) is 3.24. The molecule has 0 atom stereocenters. The first-order valence-electron chi connectivity index (χ1n) is 7.85. The van der Waals surface area contributed by atoms with Gasteiger partial charge in [-0.15, -0.1) is 0 Å². The van der Waals surface area contributed by atoms with E-state index in [1.165, 1.54) is 25.7 Å². The van der Waals surface area contributed by atoms with Gasteiger partial charge >= 0.3 is 0 Å². The summed E-state index contributed by atoms with van der Waals surface area (Å²) >= 11 is 0. The predicted octanol–water partition coefficient (Wildman–Crippen LogP) is 3.47. The molecule has 0 spiro atoms. The summed E-state index contributed by atoms with van der Waals surface area (Å²) in [5.74, 6) is 0.150. The number of hydrogen-bond acceptors (Lipinski definition) is 3. The number of carbonyl (C=O) groups is 1. The van der Waals surface area contributed by atoms with Crippen molar-refractivity contribution in [3.05, 3.63) is 18.0 Å². The van der Waals surface area contributed by atoms with Crippen LogP contribution in [0.3, 0.4) is 0 Å². The molecule has 1 amide bonds. The normalized spacial score (nSPS) is 18.9. The lowest BCUT2D eigenvalue weighted by atomic mass is 9.69. The lowest BCUT2D eigenvalue weighted by Crippen LogP contribution is -2.40. The molecule has 0 bridgehead atoms. The van der Waals surface area contributed by atoms with Crippen LogP contribution in [0.4, 0.5) is 0 Å². The van der Waals surface area contributed by atoms with Crippen LogP contribution in [0.25, 0.3) is 0 Å². The standard InChI is InChI=1S/C16H26N2O2/c1-3-16(4-2)9-7-14(8-10-16)18-15(19)6-5-13-11-17-20-12-13/h11-12,14H,3-10H2,1-2H3,(H,18,19). The Balaban J connectivity index is 1.71. The van der Waals surface area contributed by atoms with Crippen molar-refractivity contribution in [2.75, 3.05) is 0 Å². The average molecular weight is 278 g/mol. The van der Waals surface area contributed by atoms with Gasteiger partial charge in [-0.3, -0.25) is 4.79 Å². The van der Waals surface area contributed by atoms with Gasteiger partial charge in [-0.1, -0.05) is 31.8 Å². The van der Waals surface area contributed by atoms with E-state index < -0.39 is 0 Å². The number of aromatic nitrogens is 1. The largest absolute Gasteiger partial charge is 0.364 e. The topological polar surface area (TPSA) is 55.1 Å². The number of carbonyl (C=O) groups excluding carboxylic acids is 1. The van der Waals surface area contributed by atoms with E-state index in [2.05, 4.69) is 24.3 Å². The fourth-order valence-electron chi connectivity index (χ4n) is 3.24. The Hall–Kier alpha value is -1.32. The molecule has 0 saturated heterocycles. The second-order valence-corrected chi connectivity index (χ2v) is 6.08. The van der Waals surface area contributed by atoms with Crippen molar-refractivity contribution in [3.63, 3.8) is 0 Å². The van der Waals surface area contributed by atoms with Crippen LogP contribution in [0.15, 0.2) is 17.0 Å². The third kappa shape index (κ3) is 3.84. The Kier molecular flexibility index (Phi) is 5.21. The first-order valence-corrected chi connectivity index (χ1v) is 7.85. The summed E-state index contributed by atoms with van der Waals surface area (Å²) in [6, 6.07) is 0.371. The van der Waals surface area contributed by atoms with E-state index in [1.807, 2.05) is 0 Å². The van der Waals surface area contributed by atoms with Crippen molar-refractivity contribution in [1.82, 2.24) is 10.5 Å². The molecule has 1 saturated carbocycles. The predicted molar refractivity (Wildman–Crippen MR) is 78.2 cm³/mol. The van der Waals surface area contributed by atoms with Gasteiger partial charge in [0.2, 0.25) is 5.91 Å². The lowest BCUT2D eigenvalue weighted by molar-refractivity contribution is -0.122. The Morgan fingerprint density at radius 1 is 1.40 bits per heavy atom. The monoisotopic (exact) mass is 278 g/mol. The molecule has 4 heteroatoms.